The zero-order valence-corrected chi connectivity index (χ0v) is 11.3. The minimum absolute atomic E-state index is 0.244. The minimum Gasteiger partial charge on any atom is -0.459 e. The number of tetrazole rings is 1. The van der Waals surface area contributed by atoms with E-state index in [1.807, 2.05) is 30.3 Å². The van der Waals surface area contributed by atoms with E-state index in [-0.39, 0.29) is 6.54 Å². The van der Waals surface area contributed by atoms with Crippen molar-refractivity contribution >= 4 is 0 Å². The lowest BCUT2D eigenvalue weighted by atomic mass is 10.2. The fourth-order valence-electron chi connectivity index (χ4n) is 1.95. The lowest BCUT2D eigenvalue weighted by Gasteiger charge is -1.93. The quantitative estimate of drug-likeness (QED) is 0.568. The molecular formula is C14H10N6O2. The highest BCUT2D eigenvalue weighted by Crippen LogP contribution is 2.18. The molecule has 8 heteroatoms. The van der Waals surface area contributed by atoms with Crippen molar-refractivity contribution in [2.45, 2.75) is 6.54 Å². The molecule has 0 saturated carbocycles. The second-order valence-electron chi connectivity index (χ2n) is 4.49. The van der Waals surface area contributed by atoms with Gasteiger partial charge in [0, 0.05) is 5.56 Å². The van der Waals surface area contributed by atoms with Crippen molar-refractivity contribution in [1.29, 1.82) is 0 Å². The molecule has 0 amide bonds. The van der Waals surface area contributed by atoms with Gasteiger partial charge in [0.25, 0.3) is 5.89 Å². The second kappa shape index (κ2) is 5.24. The first kappa shape index (κ1) is 12.5. The van der Waals surface area contributed by atoms with Gasteiger partial charge in [-0.05, 0) is 17.3 Å². The maximum Gasteiger partial charge on any atom is 0.283 e. The molecule has 8 nitrogen and oxygen atoms in total. The fourth-order valence-corrected chi connectivity index (χ4v) is 1.95. The summed E-state index contributed by atoms with van der Waals surface area (Å²) >= 11 is 0. The Bertz CT molecular complexity index is 866. The number of hydrogen-bond donors (Lipinski definition) is 0. The smallest absolute Gasteiger partial charge is 0.283 e. The number of furan rings is 1. The maximum absolute atomic E-state index is 5.50. The molecule has 4 rings (SSSR count). The summed E-state index contributed by atoms with van der Waals surface area (Å²) in [4.78, 5) is 1.40. The van der Waals surface area contributed by atoms with Crippen LogP contribution in [0, 0.1) is 0 Å². The van der Waals surface area contributed by atoms with E-state index in [0.717, 1.165) is 5.56 Å². The van der Waals surface area contributed by atoms with Crippen LogP contribution in [-0.2, 0) is 6.54 Å². The van der Waals surface area contributed by atoms with Crippen LogP contribution in [0.3, 0.4) is 0 Å². The van der Waals surface area contributed by atoms with Gasteiger partial charge in [0.15, 0.2) is 5.76 Å². The topological polar surface area (TPSA) is 95.7 Å². The predicted molar refractivity (Wildman–Crippen MR) is 74.4 cm³/mol. The van der Waals surface area contributed by atoms with Gasteiger partial charge in [-0.15, -0.1) is 20.4 Å². The van der Waals surface area contributed by atoms with Crippen LogP contribution in [0.2, 0.25) is 0 Å². The molecule has 3 aromatic heterocycles. The maximum atomic E-state index is 5.50. The summed E-state index contributed by atoms with van der Waals surface area (Å²) in [5, 5.41) is 20.2. The van der Waals surface area contributed by atoms with E-state index >= 15 is 0 Å². The van der Waals surface area contributed by atoms with Gasteiger partial charge in [0.2, 0.25) is 11.7 Å². The van der Waals surface area contributed by atoms with Crippen LogP contribution in [0.15, 0.2) is 57.6 Å². The molecule has 4 aromatic rings. The van der Waals surface area contributed by atoms with Gasteiger partial charge in [-0.3, -0.25) is 0 Å². The van der Waals surface area contributed by atoms with Gasteiger partial charge in [0.1, 0.15) is 6.54 Å². The number of aromatic nitrogens is 6. The number of benzene rings is 1. The lowest BCUT2D eigenvalue weighted by Crippen LogP contribution is -2.04. The molecule has 0 aliphatic carbocycles. The Morgan fingerprint density at radius 3 is 2.68 bits per heavy atom. The molecule has 0 fully saturated rings. The van der Waals surface area contributed by atoms with E-state index in [9.17, 15) is 0 Å². The summed E-state index contributed by atoms with van der Waals surface area (Å²) in [6, 6.07) is 13.1. The van der Waals surface area contributed by atoms with E-state index in [1.54, 1.807) is 18.4 Å². The minimum atomic E-state index is 0.244. The van der Waals surface area contributed by atoms with Gasteiger partial charge in [-0.25, -0.2) is 0 Å². The molecular weight excluding hydrogens is 284 g/mol. The van der Waals surface area contributed by atoms with Crippen molar-refractivity contribution in [1.82, 2.24) is 30.4 Å². The molecule has 0 unspecified atom stereocenters. The van der Waals surface area contributed by atoms with Gasteiger partial charge in [0.05, 0.1) is 6.26 Å². The van der Waals surface area contributed by atoms with Crippen LogP contribution >= 0.6 is 0 Å². The molecule has 108 valence electrons. The average molecular weight is 294 g/mol. The summed E-state index contributed by atoms with van der Waals surface area (Å²) in [5.74, 6) is 1.77. The summed E-state index contributed by atoms with van der Waals surface area (Å²) in [6.45, 7) is 0.244. The normalized spacial score (nSPS) is 10.9. The number of hydrogen-bond acceptors (Lipinski definition) is 7. The molecule has 0 aliphatic rings. The van der Waals surface area contributed by atoms with Crippen LogP contribution < -0.4 is 0 Å². The van der Waals surface area contributed by atoms with Crippen molar-refractivity contribution in [3.63, 3.8) is 0 Å². The molecule has 0 spiro atoms. The number of rotatable bonds is 4. The molecule has 1 aromatic carbocycles. The third-order valence-electron chi connectivity index (χ3n) is 2.96. The van der Waals surface area contributed by atoms with Gasteiger partial charge in [-0.2, -0.15) is 4.80 Å². The van der Waals surface area contributed by atoms with Crippen molar-refractivity contribution < 1.29 is 8.83 Å². The van der Waals surface area contributed by atoms with Crippen LogP contribution in [0.1, 0.15) is 5.89 Å². The Kier molecular flexibility index (Phi) is 2.97. The molecule has 0 bridgehead atoms. The first-order chi connectivity index (χ1) is 10.9. The van der Waals surface area contributed by atoms with E-state index in [4.69, 9.17) is 8.83 Å². The van der Waals surface area contributed by atoms with E-state index < -0.39 is 0 Å². The Morgan fingerprint density at radius 2 is 1.86 bits per heavy atom. The SMILES string of the molecule is c1ccc(-c2nnn(Cc3nnc(-c4ccco4)o3)n2)cc1. The van der Waals surface area contributed by atoms with Gasteiger partial charge < -0.3 is 8.83 Å². The molecule has 0 atom stereocenters. The molecule has 22 heavy (non-hydrogen) atoms. The molecule has 3 heterocycles. The van der Waals surface area contributed by atoms with Crippen molar-refractivity contribution in [3.8, 4) is 23.0 Å². The predicted octanol–water partition coefficient (Wildman–Crippen LogP) is 2.03. The zero-order chi connectivity index (χ0) is 14.8. The number of nitrogens with zero attached hydrogens (tertiary/aromatic N) is 6. The third kappa shape index (κ3) is 2.37. The largest absolute Gasteiger partial charge is 0.459 e. The monoisotopic (exact) mass is 294 g/mol. The molecule has 0 aliphatic heterocycles. The molecule has 0 N–H and O–H groups in total. The third-order valence-corrected chi connectivity index (χ3v) is 2.96. The highest BCUT2D eigenvalue weighted by atomic mass is 16.4. The second-order valence-corrected chi connectivity index (χ2v) is 4.49. The van der Waals surface area contributed by atoms with E-state index in [2.05, 4.69) is 25.6 Å². The van der Waals surface area contributed by atoms with Crippen LogP contribution in [-0.4, -0.2) is 30.4 Å². The highest BCUT2D eigenvalue weighted by molar-refractivity contribution is 5.52. The lowest BCUT2D eigenvalue weighted by molar-refractivity contribution is 0.436. The Labute approximate surface area is 124 Å². The summed E-state index contributed by atoms with van der Waals surface area (Å²) in [6.07, 6.45) is 1.55. The van der Waals surface area contributed by atoms with Crippen LogP contribution in [0.25, 0.3) is 23.0 Å². The standard InChI is InChI=1S/C14H10N6O2/c1-2-5-10(6-3-1)13-16-19-20(18-13)9-12-15-17-14(22-12)11-7-4-8-21-11/h1-8H,9H2. The zero-order valence-electron chi connectivity index (χ0n) is 11.3. The fraction of sp³-hybridized carbons (Fsp3) is 0.0714. The first-order valence-corrected chi connectivity index (χ1v) is 6.58. The highest BCUT2D eigenvalue weighted by Gasteiger charge is 2.13. The summed E-state index contributed by atoms with van der Waals surface area (Å²) in [7, 11) is 0. The van der Waals surface area contributed by atoms with Gasteiger partial charge >= 0.3 is 0 Å². The molecule has 0 radical (unpaired) electrons. The van der Waals surface area contributed by atoms with Crippen LogP contribution in [0.5, 0.6) is 0 Å². The van der Waals surface area contributed by atoms with Crippen LogP contribution in [0.4, 0.5) is 0 Å². The van der Waals surface area contributed by atoms with Crippen molar-refractivity contribution in [3.05, 3.63) is 54.6 Å². The van der Waals surface area contributed by atoms with Crippen molar-refractivity contribution in [2.24, 2.45) is 0 Å². The Hall–Kier alpha value is -3.29. The van der Waals surface area contributed by atoms with E-state index in [1.165, 1.54) is 4.80 Å². The summed E-state index contributed by atoms with van der Waals surface area (Å²) < 4.78 is 10.7. The average Bonchev–Trinajstić information content (AvgIpc) is 3.30. The molecule has 0 saturated heterocycles. The first-order valence-electron chi connectivity index (χ1n) is 6.58. The summed E-state index contributed by atoms with van der Waals surface area (Å²) in [5.41, 5.74) is 0.899. The van der Waals surface area contributed by atoms with E-state index in [0.29, 0.717) is 23.4 Å². The van der Waals surface area contributed by atoms with Gasteiger partial charge in [-0.1, -0.05) is 30.3 Å². The Morgan fingerprint density at radius 1 is 0.955 bits per heavy atom. The Balaban J connectivity index is 1.54. The van der Waals surface area contributed by atoms with Crippen molar-refractivity contribution in [2.75, 3.05) is 0 Å².